The number of rotatable bonds is 8. The van der Waals surface area contributed by atoms with Crippen molar-refractivity contribution in [2.24, 2.45) is 0 Å². The summed E-state index contributed by atoms with van der Waals surface area (Å²) in [5.74, 6) is 1.69. The number of halogens is 2. The number of hydrogen-bond donors (Lipinski definition) is 1. The molecule has 0 aliphatic carbocycles. The zero-order valence-electron chi connectivity index (χ0n) is 14.9. The van der Waals surface area contributed by atoms with Crippen molar-refractivity contribution >= 4 is 57.3 Å². The van der Waals surface area contributed by atoms with Gasteiger partial charge in [-0.05, 0) is 30.7 Å². The molecule has 0 aliphatic rings. The highest BCUT2D eigenvalue weighted by atomic mass is 35.5. The summed E-state index contributed by atoms with van der Waals surface area (Å²) in [5.41, 5.74) is 1.26. The first-order chi connectivity index (χ1) is 13.5. The number of anilines is 1. The van der Waals surface area contributed by atoms with Gasteiger partial charge in [-0.15, -0.1) is 22.0 Å². The molecular weight excluding hydrogens is 437 g/mol. The zero-order valence-corrected chi connectivity index (χ0v) is 18.0. The third-order valence-corrected chi connectivity index (χ3v) is 6.17. The van der Waals surface area contributed by atoms with E-state index < -0.39 is 6.10 Å². The fourth-order valence-corrected chi connectivity index (χ4v) is 4.45. The highest BCUT2D eigenvalue weighted by molar-refractivity contribution is 7.97. The summed E-state index contributed by atoms with van der Waals surface area (Å²) < 4.78 is 5.60. The van der Waals surface area contributed by atoms with Crippen LogP contribution in [-0.4, -0.2) is 22.2 Å². The van der Waals surface area contributed by atoms with Crippen molar-refractivity contribution in [1.82, 2.24) is 10.2 Å². The van der Waals surface area contributed by atoms with E-state index in [4.69, 9.17) is 27.9 Å². The van der Waals surface area contributed by atoms with Gasteiger partial charge in [0.15, 0.2) is 6.10 Å². The second-order valence-corrected chi connectivity index (χ2v) is 8.69. The number of benzene rings is 2. The number of nitrogens with zero attached hydrogens (tertiary/aromatic N) is 2. The van der Waals surface area contributed by atoms with E-state index in [1.165, 1.54) is 16.9 Å². The zero-order chi connectivity index (χ0) is 19.9. The summed E-state index contributed by atoms with van der Waals surface area (Å²) in [5, 5.41) is 13.0. The Bertz CT molecular complexity index is 938. The van der Waals surface area contributed by atoms with E-state index in [1.807, 2.05) is 18.2 Å². The Morgan fingerprint density at radius 3 is 2.71 bits per heavy atom. The third-order valence-electron chi connectivity index (χ3n) is 3.60. The van der Waals surface area contributed by atoms with Crippen LogP contribution < -0.4 is 10.1 Å². The minimum absolute atomic E-state index is 0.328. The maximum absolute atomic E-state index is 12.3. The smallest absolute Gasteiger partial charge is 0.266 e. The molecule has 1 N–H and O–H groups in total. The molecule has 0 fully saturated rings. The van der Waals surface area contributed by atoms with Crippen molar-refractivity contribution in [3.8, 4) is 5.75 Å². The largest absolute Gasteiger partial charge is 0.479 e. The van der Waals surface area contributed by atoms with Crippen LogP contribution in [0.1, 0.15) is 17.5 Å². The van der Waals surface area contributed by atoms with Crippen molar-refractivity contribution in [3.05, 3.63) is 69.1 Å². The Hall–Kier alpha value is -1.80. The van der Waals surface area contributed by atoms with E-state index in [1.54, 1.807) is 36.9 Å². The molecule has 28 heavy (non-hydrogen) atoms. The van der Waals surface area contributed by atoms with Crippen LogP contribution in [0.5, 0.6) is 5.75 Å². The average Bonchev–Trinajstić information content (AvgIpc) is 3.12. The van der Waals surface area contributed by atoms with Crippen LogP contribution in [0.3, 0.4) is 0 Å². The van der Waals surface area contributed by atoms with Crippen LogP contribution in [0.25, 0.3) is 0 Å². The van der Waals surface area contributed by atoms with Gasteiger partial charge in [0, 0.05) is 16.5 Å². The number of hydrogen-bond acceptors (Lipinski definition) is 6. The first kappa shape index (κ1) is 20.9. The molecule has 1 amide bonds. The van der Waals surface area contributed by atoms with E-state index in [9.17, 15) is 4.79 Å². The van der Waals surface area contributed by atoms with Crippen LogP contribution in [0, 0.1) is 0 Å². The quantitative estimate of drug-likeness (QED) is 0.474. The van der Waals surface area contributed by atoms with Crippen molar-refractivity contribution in [1.29, 1.82) is 0 Å². The summed E-state index contributed by atoms with van der Waals surface area (Å²) >= 11 is 15.0. The fraction of sp³-hybridized carbons (Fsp3) is 0.211. The van der Waals surface area contributed by atoms with Gasteiger partial charge in [-0.25, -0.2) is 0 Å². The summed E-state index contributed by atoms with van der Waals surface area (Å²) in [6, 6.07) is 15.1. The fourth-order valence-electron chi connectivity index (χ4n) is 2.21. The first-order valence-electron chi connectivity index (χ1n) is 8.38. The molecule has 0 radical (unpaired) electrons. The van der Waals surface area contributed by atoms with Gasteiger partial charge in [0.25, 0.3) is 5.91 Å². The molecule has 9 heteroatoms. The number of nitrogens with one attached hydrogen (secondary N) is 1. The van der Waals surface area contributed by atoms with Gasteiger partial charge >= 0.3 is 0 Å². The lowest BCUT2D eigenvalue weighted by atomic mass is 10.2. The Balaban J connectivity index is 1.48. The van der Waals surface area contributed by atoms with Crippen molar-refractivity contribution < 1.29 is 9.53 Å². The monoisotopic (exact) mass is 453 g/mol. The highest BCUT2D eigenvalue weighted by Gasteiger charge is 2.18. The van der Waals surface area contributed by atoms with Gasteiger partial charge in [0.1, 0.15) is 10.8 Å². The molecule has 1 atom stereocenters. The standard InChI is InChI=1S/C19H17Cl2N3O2S2/c1-12(26-16-8-7-14(20)9-15(16)21)18(25)22-19-24-23-17(28-19)11-27-10-13-5-3-2-4-6-13/h2-9,12H,10-11H2,1H3,(H,22,24,25). The van der Waals surface area contributed by atoms with Crippen LogP contribution in [0.15, 0.2) is 48.5 Å². The van der Waals surface area contributed by atoms with Gasteiger partial charge in [-0.3, -0.25) is 10.1 Å². The van der Waals surface area contributed by atoms with Gasteiger partial charge in [-0.1, -0.05) is 64.9 Å². The van der Waals surface area contributed by atoms with E-state index in [2.05, 4.69) is 27.6 Å². The van der Waals surface area contributed by atoms with Gasteiger partial charge in [0.2, 0.25) is 5.13 Å². The molecule has 3 aromatic rings. The SMILES string of the molecule is CC(Oc1ccc(Cl)cc1Cl)C(=O)Nc1nnc(CSCc2ccccc2)s1. The second-order valence-electron chi connectivity index (χ2n) is 5.80. The average molecular weight is 454 g/mol. The molecule has 5 nitrogen and oxygen atoms in total. The van der Waals surface area contributed by atoms with Crippen LogP contribution >= 0.6 is 46.3 Å². The second kappa shape index (κ2) is 10.1. The Morgan fingerprint density at radius 2 is 1.96 bits per heavy atom. The van der Waals surface area contributed by atoms with E-state index in [-0.39, 0.29) is 5.91 Å². The van der Waals surface area contributed by atoms with Crippen molar-refractivity contribution in [3.63, 3.8) is 0 Å². The molecule has 146 valence electrons. The third kappa shape index (κ3) is 6.10. The number of aromatic nitrogens is 2. The number of carbonyl (C=O) groups excluding carboxylic acids is 1. The molecule has 0 saturated heterocycles. The molecule has 0 aliphatic heterocycles. The first-order valence-corrected chi connectivity index (χ1v) is 11.1. The molecule has 0 bridgehead atoms. The molecule has 1 unspecified atom stereocenters. The normalized spacial score (nSPS) is 11.8. The molecule has 1 aromatic heterocycles. The van der Waals surface area contributed by atoms with Crippen molar-refractivity contribution in [2.45, 2.75) is 24.5 Å². The van der Waals surface area contributed by atoms with E-state index in [0.29, 0.717) is 20.9 Å². The molecule has 2 aromatic carbocycles. The lowest BCUT2D eigenvalue weighted by Gasteiger charge is -2.14. The highest BCUT2D eigenvalue weighted by Crippen LogP contribution is 2.28. The molecule has 0 spiro atoms. The number of ether oxygens (including phenoxy) is 1. The number of amides is 1. The summed E-state index contributed by atoms with van der Waals surface area (Å²) in [6.07, 6.45) is -0.751. The van der Waals surface area contributed by atoms with Gasteiger partial charge in [0.05, 0.1) is 5.02 Å². The predicted molar refractivity (Wildman–Crippen MR) is 117 cm³/mol. The molecule has 1 heterocycles. The van der Waals surface area contributed by atoms with Crippen LogP contribution in [-0.2, 0) is 16.3 Å². The van der Waals surface area contributed by atoms with Crippen LogP contribution in [0.4, 0.5) is 5.13 Å². The Morgan fingerprint density at radius 1 is 1.18 bits per heavy atom. The molecule has 3 rings (SSSR count). The Labute approximate surface area is 181 Å². The van der Waals surface area contributed by atoms with E-state index >= 15 is 0 Å². The maximum atomic E-state index is 12.3. The van der Waals surface area contributed by atoms with Crippen molar-refractivity contribution in [2.75, 3.05) is 5.32 Å². The van der Waals surface area contributed by atoms with E-state index in [0.717, 1.165) is 16.5 Å². The maximum Gasteiger partial charge on any atom is 0.266 e. The number of thioether (sulfide) groups is 1. The predicted octanol–water partition coefficient (Wildman–Crippen LogP) is 5.68. The minimum atomic E-state index is -0.751. The molecule has 0 saturated carbocycles. The topological polar surface area (TPSA) is 64.1 Å². The minimum Gasteiger partial charge on any atom is -0.479 e. The Kier molecular flexibility index (Phi) is 7.56. The molecular formula is C19H17Cl2N3O2S2. The summed E-state index contributed by atoms with van der Waals surface area (Å²) in [4.78, 5) is 12.3. The lowest BCUT2D eigenvalue weighted by molar-refractivity contribution is -0.122. The summed E-state index contributed by atoms with van der Waals surface area (Å²) in [6.45, 7) is 1.64. The van der Waals surface area contributed by atoms with Gasteiger partial charge < -0.3 is 4.74 Å². The lowest BCUT2D eigenvalue weighted by Crippen LogP contribution is -2.30. The summed E-state index contributed by atoms with van der Waals surface area (Å²) in [7, 11) is 0. The van der Waals surface area contributed by atoms with Gasteiger partial charge in [-0.2, -0.15) is 0 Å². The van der Waals surface area contributed by atoms with Crippen LogP contribution in [0.2, 0.25) is 10.0 Å². The number of carbonyl (C=O) groups is 1.